The molecule has 3 aliphatic rings. The Kier molecular flexibility index (Phi) is 1.99. The van der Waals surface area contributed by atoms with Crippen molar-refractivity contribution in [3.05, 3.63) is 22.6 Å². The molecular weight excluding hydrogens is 220 g/mol. The molecule has 1 fully saturated rings. The summed E-state index contributed by atoms with van der Waals surface area (Å²) >= 11 is 0. The lowest BCUT2D eigenvalue weighted by Gasteiger charge is -2.41. The van der Waals surface area contributed by atoms with Crippen molar-refractivity contribution < 1.29 is 8.42 Å². The summed E-state index contributed by atoms with van der Waals surface area (Å²) in [4.78, 5) is 0. The van der Waals surface area contributed by atoms with Crippen LogP contribution in [0.25, 0.3) is 0 Å². The summed E-state index contributed by atoms with van der Waals surface area (Å²) in [7, 11) is -2.98. The first kappa shape index (κ1) is 10.6. The summed E-state index contributed by atoms with van der Waals surface area (Å²) in [5.74, 6) is 0.242. The van der Waals surface area contributed by atoms with Gasteiger partial charge in [0, 0.05) is 11.3 Å². The van der Waals surface area contributed by atoms with E-state index in [0.29, 0.717) is 0 Å². The van der Waals surface area contributed by atoms with E-state index in [1.165, 1.54) is 11.1 Å². The molecule has 1 saturated carbocycles. The molecule has 0 aromatic heterocycles. The molecule has 2 nitrogen and oxygen atoms in total. The Morgan fingerprint density at radius 1 is 1.31 bits per heavy atom. The van der Waals surface area contributed by atoms with E-state index in [-0.39, 0.29) is 16.6 Å². The van der Waals surface area contributed by atoms with Gasteiger partial charge in [0.15, 0.2) is 9.84 Å². The van der Waals surface area contributed by atoms with E-state index in [2.05, 4.69) is 19.9 Å². The maximum Gasteiger partial charge on any atom is 0.175 e. The SMILES string of the molecule is CC1(C)CC2=CCCC3=CS(=O)(=O)C(C1)C32. The summed E-state index contributed by atoms with van der Waals surface area (Å²) < 4.78 is 24.2. The van der Waals surface area contributed by atoms with Gasteiger partial charge >= 0.3 is 0 Å². The average Bonchev–Trinajstić information content (AvgIpc) is 2.37. The Labute approximate surface area is 97.3 Å². The second-order valence-electron chi connectivity index (χ2n) is 6.16. The molecule has 0 saturated heterocycles. The molecule has 88 valence electrons. The van der Waals surface area contributed by atoms with E-state index in [0.717, 1.165) is 25.7 Å². The van der Waals surface area contributed by atoms with Gasteiger partial charge in [0.05, 0.1) is 5.25 Å². The van der Waals surface area contributed by atoms with Crippen LogP contribution in [-0.4, -0.2) is 13.7 Å². The topological polar surface area (TPSA) is 34.1 Å². The van der Waals surface area contributed by atoms with Crippen molar-refractivity contribution in [1.29, 1.82) is 0 Å². The summed E-state index contributed by atoms with van der Waals surface area (Å²) in [6.07, 6.45) is 6.15. The minimum Gasteiger partial charge on any atom is -0.224 e. The van der Waals surface area contributed by atoms with E-state index in [9.17, 15) is 8.42 Å². The van der Waals surface area contributed by atoms with Gasteiger partial charge in [-0.15, -0.1) is 0 Å². The minimum absolute atomic E-state index is 0.140. The molecule has 2 unspecified atom stereocenters. The van der Waals surface area contributed by atoms with Crippen LogP contribution in [0.15, 0.2) is 22.6 Å². The highest BCUT2D eigenvalue weighted by Gasteiger charge is 2.49. The fourth-order valence-electron chi connectivity index (χ4n) is 3.63. The lowest BCUT2D eigenvalue weighted by Crippen LogP contribution is -2.38. The standard InChI is InChI=1S/C13H18O2S/c1-13(2)6-9-4-3-5-10-8-16(14,15)11(7-13)12(9)10/h4,8,11-12H,3,5-7H2,1-2H3. The third-order valence-corrected chi connectivity index (χ3v) is 6.10. The van der Waals surface area contributed by atoms with Crippen LogP contribution in [0.4, 0.5) is 0 Å². The Morgan fingerprint density at radius 2 is 2.06 bits per heavy atom. The average molecular weight is 238 g/mol. The number of hydrogen-bond donors (Lipinski definition) is 0. The van der Waals surface area contributed by atoms with Crippen LogP contribution in [0.5, 0.6) is 0 Å². The minimum atomic E-state index is -2.98. The highest BCUT2D eigenvalue weighted by Crippen LogP contribution is 2.53. The molecular formula is C13H18O2S. The van der Waals surface area contributed by atoms with Crippen LogP contribution in [0, 0.1) is 11.3 Å². The van der Waals surface area contributed by atoms with Gasteiger partial charge in [0.25, 0.3) is 0 Å². The molecule has 0 bridgehead atoms. The Hall–Kier alpha value is -0.570. The van der Waals surface area contributed by atoms with Gasteiger partial charge < -0.3 is 0 Å². The second-order valence-corrected chi connectivity index (χ2v) is 8.18. The van der Waals surface area contributed by atoms with Gasteiger partial charge in [-0.25, -0.2) is 8.42 Å². The smallest absolute Gasteiger partial charge is 0.175 e. The fraction of sp³-hybridized carbons (Fsp3) is 0.692. The van der Waals surface area contributed by atoms with Crippen LogP contribution < -0.4 is 0 Å². The first-order chi connectivity index (χ1) is 7.39. The quantitative estimate of drug-likeness (QED) is 0.608. The van der Waals surface area contributed by atoms with Crippen LogP contribution in [0.2, 0.25) is 0 Å². The molecule has 1 heterocycles. The molecule has 0 N–H and O–H groups in total. The van der Waals surface area contributed by atoms with Crippen molar-refractivity contribution >= 4 is 9.84 Å². The number of hydrogen-bond acceptors (Lipinski definition) is 2. The van der Waals surface area contributed by atoms with E-state index in [1.807, 2.05) is 0 Å². The van der Waals surface area contributed by atoms with Gasteiger partial charge in [-0.05, 0) is 31.1 Å². The van der Waals surface area contributed by atoms with Crippen molar-refractivity contribution in [3.8, 4) is 0 Å². The first-order valence-corrected chi connectivity index (χ1v) is 7.63. The summed E-state index contributed by atoms with van der Waals surface area (Å²) in [5.41, 5.74) is 2.71. The summed E-state index contributed by atoms with van der Waals surface area (Å²) in [6.45, 7) is 4.37. The molecule has 2 aliphatic carbocycles. The number of allylic oxidation sites excluding steroid dienone is 3. The third-order valence-electron chi connectivity index (χ3n) is 4.18. The van der Waals surface area contributed by atoms with E-state index >= 15 is 0 Å². The molecule has 3 heteroatoms. The van der Waals surface area contributed by atoms with Crippen LogP contribution in [0.1, 0.15) is 39.5 Å². The number of sulfone groups is 1. The molecule has 0 aromatic carbocycles. The summed E-state index contributed by atoms with van der Waals surface area (Å²) in [5, 5.41) is 1.43. The van der Waals surface area contributed by atoms with Crippen LogP contribution in [-0.2, 0) is 9.84 Å². The van der Waals surface area contributed by atoms with Gasteiger partial charge in [0.2, 0.25) is 0 Å². The lowest BCUT2D eigenvalue weighted by atomic mass is 9.66. The zero-order valence-corrected chi connectivity index (χ0v) is 10.7. The van der Waals surface area contributed by atoms with Gasteiger partial charge in [-0.3, -0.25) is 0 Å². The molecule has 1 aliphatic heterocycles. The van der Waals surface area contributed by atoms with Crippen LogP contribution in [0.3, 0.4) is 0 Å². The maximum absolute atomic E-state index is 12.1. The summed E-state index contributed by atoms with van der Waals surface area (Å²) in [6, 6.07) is 0. The lowest BCUT2D eigenvalue weighted by molar-refractivity contribution is 0.261. The molecule has 2 atom stereocenters. The highest BCUT2D eigenvalue weighted by atomic mass is 32.2. The van der Waals surface area contributed by atoms with Gasteiger partial charge in [0.1, 0.15) is 0 Å². The highest BCUT2D eigenvalue weighted by molar-refractivity contribution is 7.95. The number of rotatable bonds is 0. The molecule has 0 spiro atoms. The van der Waals surface area contributed by atoms with Crippen LogP contribution >= 0.6 is 0 Å². The largest absolute Gasteiger partial charge is 0.224 e. The van der Waals surface area contributed by atoms with Gasteiger partial charge in [-0.2, -0.15) is 0 Å². The van der Waals surface area contributed by atoms with Crippen molar-refractivity contribution in [2.45, 2.75) is 44.8 Å². The Balaban J connectivity index is 2.13. The molecule has 16 heavy (non-hydrogen) atoms. The molecule has 0 radical (unpaired) electrons. The van der Waals surface area contributed by atoms with Gasteiger partial charge in [-0.1, -0.05) is 31.1 Å². The molecule has 3 rings (SSSR count). The van der Waals surface area contributed by atoms with Crippen molar-refractivity contribution in [2.24, 2.45) is 11.3 Å². The van der Waals surface area contributed by atoms with E-state index in [1.54, 1.807) is 5.41 Å². The fourth-order valence-corrected chi connectivity index (χ4v) is 5.90. The van der Waals surface area contributed by atoms with E-state index in [4.69, 9.17) is 0 Å². The molecule has 0 amide bonds. The predicted molar refractivity (Wildman–Crippen MR) is 64.6 cm³/mol. The Morgan fingerprint density at radius 3 is 2.81 bits per heavy atom. The van der Waals surface area contributed by atoms with Crippen molar-refractivity contribution in [3.63, 3.8) is 0 Å². The zero-order chi connectivity index (χ0) is 11.6. The maximum atomic E-state index is 12.1. The van der Waals surface area contributed by atoms with Crippen molar-refractivity contribution in [1.82, 2.24) is 0 Å². The molecule has 0 aromatic rings. The third kappa shape index (κ3) is 1.41. The van der Waals surface area contributed by atoms with E-state index < -0.39 is 9.84 Å². The normalized spacial score (nSPS) is 38.6. The zero-order valence-electron chi connectivity index (χ0n) is 9.86. The first-order valence-electron chi connectivity index (χ1n) is 6.02. The Bertz CT molecular complexity index is 494. The van der Waals surface area contributed by atoms with Crippen molar-refractivity contribution in [2.75, 3.05) is 0 Å². The second kappa shape index (κ2) is 3.00. The monoisotopic (exact) mass is 238 g/mol. The predicted octanol–water partition coefficient (Wildman–Crippen LogP) is 2.82.